The van der Waals surface area contributed by atoms with E-state index in [1.807, 2.05) is 0 Å². The maximum Gasteiger partial charge on any atom is 0.220 e. The molecule has 0 saturated carbocycles. The fourth-order valence-corrected chi connectivity index (χ4v) is 1.94. The van der Waals surface area contributed by atoms with Gasteiger partial charge in [-0.2, -0.15) is 12.6 Å². The second kappa shape index (κ2) is 7.63. The number of benzene rings is 1. The van der Waals surface area contributed by atoms with Crippen LogP contribution in [0.25, 0.3) is 0 Å². The third-order valence-electron chi connectivity index (χ3n) is 2.23. The van der Waals surface area contributed by atoms with Crippen molar-refractivity contribution in [2.24, 2.45) is 0 Å². The molecule has 0 saturated heterocycles. The Hall–Kier alpha value is -0.610. The van der Waals surface area contributed by atoms with Crippen LogP contribution in [0.15, 0.2) is 29.2 Å². The molecule has 0 radical (unpaired) electrons. The summed E-state index contributed by atoms with van der Waals surface area (Å²) in [7, 11) is 0. The average Bonchev–Trinajstić information content (AvgIpc) is 2.30. The van der Waals surface area contributed by atoms with Crippen LogP contribution in [0.1, 0.15) is 12.0 Å². The molecular formula is C12H17NOS2. The van der Waals surface area contributed by atoms with Crippen LogP contribution >= 0.6 is 24.4 Å². The van der Waals surface area contributed by atoms with Gasteiger partial charge in [0.05, 0.1) is 0 Å². The zero-order valence-electron chi connectivity index (χ0n) is 9.40. The zero-order valence-corrected chi connectivity index (χ0v) is 11.1. The monoisotopic (exact) mass is 255 g/mol. The minimum atomic E-state index is 0.0794. The van der Waals surface area contributed by atoms with Crippen LogP contribution in [-0.4, -0.2) is 24.5 Å². The van der Waals surface area contributed by atoms with E-state index in [-0.39, 0.29) is 5.91 Å². The smallest absolute Gasteiger partial charge is 0.220 e. The molecule has 0 heterocycles. The average molecular weight is 255 g/mol. The molecule has 1 rings (SSSR count). The highest BCUT2D eigenvalue weighted by atomic mass is 32.2. The van der Waals surface area contributed by atoms with Crippen LogP contribution < -0.4 is 5.32 Å². The van der Waals surface area contributed by atoms with Crippen LogP contribution in [0.3, 0.4) is 0 Å². The Morgan fingerprint density at radius 2 is 2.06 bits per heavy atom. The lowest BCUT2D eigenvalue weighted by atomic mass is 10.1. The minimum absolute atomic E-state index is 0.0794. The Morgan fingerprint density at radius 1 is 1.38 bits per heavy atom. The lowest BCUT2D eigenvalue weighted by molar-refractivity contribution is -0.120. The van der Waals surface area contributed by atoms with Gasteiger partial charge in [-0.05, 0) is 36.1 Å². The van der Waals surface area contributed by atoms with Gasteiger partial charge in [0.1, 0.15) is 0 Å². The second-order valence-electron chi connectivity index (χ2n) is 3.42. The first kappa shape index (κ1) is 13.5. The van der Waals surface area contributed by atoms with Gasteiger partial charge in [-0.1, -0.05) is 12.1 Å². The third-order valence-corrected chi connectivity index (χ3v) is 3.20. The number of rotatable bonds is 6. The standard InChI is InChI=1S/C12H17NOS2/c1-16-11-4-2-10(3-5-11)6-8-13-12(14)7-9-15/h2-5,15H,6-9H2,1H3,(H,13,14). The number of hydrogen-bond donors (Lipinski definition) is 2. The van der Waals surface area contributed by atoms with E-state index in [4.69, 9.17) is 0 Å². The minimum Gasteiger partial charge on any atom is -0.356 e. The SMILES string of the molecule is CSc1ccc(CCNC(=O)CCS)cc1. The molecule has 0 atom stereocenters. The predicted octanol–water partition coefficient (Wildman–Crippen LogP) is 2.39. The first-order valence-electron chi connectivity index (χ1n) is 5.26. The van der Waals surface area contributed by atoms with Crippen molar-refractivity contribution in [1.29, 1.82) is 0 Å². The Balaban J connectivity index is 2.29. The summed E-state index contributed by atoms with van der Waals surface area (Å²) in [5.41, 5.74) is 1.25. The molecule has 2 nitrogen and oxygen atoms in total. The van der Waals surface area contributed by atoms with Gasteiger partial charge in [0.2, 0.25) is 5.91 Å². The summed E-state index contributed by atoms with van der Waals surface area (Å²) in [5.74, 6) is 0.685. The van der Waals surface area contributed by atoms with Crippen molar-refractivity contribution in [3.05, 3.63) is 29.8 Å². The van der Waals surface area contributed by atoms with E-state index in [1.165, 1.54) is 10.5 Å². The van der Waals surface area contributed by atoms with Gasteiger partial charge in [-0.25, -0.2) is 0 Å². The molecule has 0 aromatic heterocycles. The maximum absolute atomic E-state index is 11.2. The van der Waals surface area contributed by atoms with Crippen molar-refractivity contribution >= 4 is 30.3 Å². The topological polar surface area (TPSA) is 29.1 Å². The van der Waals surface area contributed by atoms with E-state index in [9.17, 15) is 4.79 Å². The van der Waals surface area contributed by atoms with Gasteiger partial charge < -0.3 is 5.32 Å². The van der Waals surface area contributed by atoms with Crippen LogP contribution in [0.4, 0.5) is 0 Å². The van der Waals surface area contributed by atoms with E-state index in [2.05, 4.69) is 48.5 Å². The van der Waals surface area contributed by atoms with Crippen molar-refractivity contribution < 1.29 is 4.79 Å². The Labute approximate surface area is 107 Å². The molecule has 4 heteroatoms. The third kappa shape index (κ3) is 4.94. The number of thioether (sulfide) groups is 1. The summed E-state index contributed by atoms with van der Waals surface area (Å²) < 4.78 is 0. The fourth-order valence-electron chi connectivity index (χ4n) is 1.33. The molecule has 0 aliphatic carbocycles. The highest BCUT2D eigenvalue weighted by Crippen LogP contribution is 2.14. The van der Waals surface area contributed by atoms with Gasteiger partial charge >= 0.3 is 0 Å². The van der Waals surface area contributed by atoms with Gasteiger partial charge in [0.15, 0.2) is 0 Å². The molecule has 0 aliphatic rings. The number of amides is 1. The van der Waals surface area contributed by atoms with E-state index < -0.39 is 0 Å². The summed E-state index contributed by atoms with van der Waals surface area (Å²) in [6.45, 7) is 0.700. The van der Waals surface area contributed by atoms with Gasteiger partial charge in [-0.3, -0.25) is 4.79 Å². The highest BCUT2D eigenvalue weighted by molar-refractivity contribution is 7.98. The lowest BCUT2D eigenvalue weighted by Gasteiger charge is -2.05. The first-order valence-corrected chi connectivity index (χ1v) is 7.12. The molecule has 0 bridgehead atoms. The second-order valence-corrected chi connectivity index (χ2v) is 4.75. The van der Waals surface area contributed by atoms with Crippen LogP contribution in [0, 0.1) is 0 Å². The molecule has 1 N–H and O–H groups in total. The highest BCUT2D eigenvalue weighted by Gasteiger charge is 1.99. The number of thiol groups is 1. The van der Waals surface area contributed by atoms with Crippen molar-refractivity contribution in [2.45, 2.75) is 17.7 Å². The quantitative estimate of drug-likeness (QED) is 0.604. The van der Waals surface area contributed by atoms with E-state index in [0.29, 0.717) is 18.7 Å². The summed E-state index contributed by atoms with van der Waals surface area (Å²) >= 11 is 5.75. The summed E-state index contributed by atoms with van der Waals surface area (Å²) in [6, 6.07) is 8.43. The molecule has 88 valence electrons. The van der Waals surface area contributed by atoms with Crippen molar-refractivity contribution in [3.8, 4) is 0 Å². The number of carbonyl (C=O) groups is 1. The molecule has 0 fully saturated rings. The number of hydrogen-bond acceptors (Lipinski definition) is 3. The van der Waals surface area contributed by atoms with E-state index in [1.54, 1.807) is 11.8 Å². The Kier molecular flexibility index (Phi) is 6.42. The van der Waals surface area contributed by atoms with Crippen molar-refractivity contribution in [3.63, 3.8) is 0 Å². The molecule has 0 unspecified atom stereocenters. The van der Waals surface area contributed by atoms with Gasteiger partial charge in [-0.15, -0.1) is 11.8 Å². The number of carbonyl (C=O) groups excluding carboxylic acids is 1. The van der Waals surface area contributed by atoms with E-state index >= 15 is 0 Å². The lowest BCUT2D eigenvalue weighted by Crippen LogP contribution is -2.25. The van der Waals surface area contributed by atoms with Crippen molar-refractivity contribution in [2.75, 3.05) is 18.6 Å². The Morgan fingerprint density at radius 3 is 2.62 bits per heavy atom. The molecule has 0 aliphatic heterocycles. The van der Waals surface area contributed by atoms with Gasteiger partial charge in [0, 0.05) is 17.9 Å². The van der Waals surface area contributed by atoms with Crippen LogP contribution in [0.5, 0.6) is 0 Å². The van der Waals surface area contributed by atoms with Crippen molar-refractivity contribution in [1.82, 2.24) is 5.32 Å². The summed E-state index contributed by atoms with van der Waals surface area (Å²) in [4.78, 5) is 12.4. The maximum atomic E-state index is 11.2. The first-order chi connectivity index (χ1) is 7.76. The molecular weight excluding hydrogens is 238 g/mol. The van der Waals surface area contributed by atoms with E-state index in [0.717, 1.165) is 6.42 Å². The molecule has 1 amide bonds. The fraction of sp³-hybridized carbons (Fsp3) is 0.417. The van der Waals surface area contributed by atoms with Crippen LogP contribution in [0.2, 0.25) is 0 Å². The molecule has 16 heavy (non-hydrogen) atoms. The normalized spacial score (nSPS) is 10.1. The number of nitrogens with one attached hydrogen (secondary N) is 1. The molecule has 1 aromatic rings. The summed E-state index contributed by atoms with van der Waals surface area (Å²) in [5, 5.41) is 2.87. The van der Waals surface area contributed by atoms with Gasteiger partial charge in [0.25, 0.3) is 0 Å². The van der Waals surface area contributed by atoms with Crippen LogP contribution in [-0.2, 0) is 11.2 Å². The predicted molar refractivity (Wildman–Crippen MR) is 73.4 cm³/mol. The largest absolute Gasteiger partial charge is 0.356 e. The summed E-state index contributed by atoms with van der Waals surface area (Å²) in [6.07, 6.45) is 3.44. The Bertz CT molecular complexity index is 324. The molecule has 0 spiro atoms. The molecule has 1 aromatic carbocycles. The zero-order chi connectivity index (χ0) is 11.8.